The molecule has 0 spiro atoms. The Hall–Kier alpha value is -3.22. The molecule has 7 heteroatoms. The molecule has 0 unspecified atom stereocenters. The van der Waals surface area contributed by atoms with Crippen LogP contribution in [0.4, 0.5) is 5.82 Å². The molecule has 7 nitrogen and oxygen atoms in total. The Kier molecular flexibility index (Phi) is 4.47. The van der Waals surface area contributed by atoms with E-state index < -0.39 is 10.9 Å². The van der Waals surface area contributed by atoms with Gasteiger partial charge in [0.15, 0.2) is 0 Å². The van der Waals surface area contributed by atoms with E-state index in [4.69, 9.17) is 0 Å². The molecule has 0 fully saturated rings. The van der Waals surface area contributed by atoms with Crippen molar-refractivity contribution in [2.45, 2.75) is 0 Å². The molecule has 0 aliphatic rings. The summed E-state index contributed by atoms with van der Waals surface area (Å²) in [5.41, 5.74) is 1.26. The van der Waals surface area contributed by atoms with Crippen LogP contribution in [0.3, 0.4) is 0 Å². The lowest BCUT2D eigenvalue weighted by atomic mass is 10.1. The molecule has 0 bridgehead atoms. The lowest BCUT2D eigenvalue weighted by Gasteiger charge is -1.99. The zero-order valence-corrected chi connectivity index (χ0v) is 11.8. The van der Waals surface area contributed by atoms with E-state index in [1.165, 1.54) is 24.1 Å². The fraction of sp³-hybridized carbons (Fsp3) is 0.0667. The van der Waals surface area contributed by atoms with E-state index in [9.17, 15) is 14.9 Å². The maximum absolute atomic E-state index is 11.3. The van der Waals surface area contributed by atoms with Gasteiger partial charge in [-0.2, -0.15) is 4.57 Å². The summed E-state index contributed by atoms with van der Waals surface area (Å²) in [6, 6.07) is 6.73. The standard InChI is InChI=1S/C15H13N3O4/c1-3-17-13(16-10-14(17)18(20)21)9-6-11-4-7-12(8-5-11)15(19)22-2/h3-10H,1H2,2H3. The normalized spacial score (nSPS) is 10.6. The molecule has 1 aromatic carbocycles. The summed E-state index contributed by atoms with van der Waals surface area (Å²) in [5, 5.41) is 10.8. The van der Waals surface area contributed by atoms with Gasteiger partial charge in [-0.1, -0.05) is 18.7 Å². The van der Waals surface area contributed by atoms with E-state index in [-0.39, 0.29) is 5.82 Å². The van der Waals surface area contributed by atoms with Gasteiger partial charge in [-0.3, -0.25) is 0 Å². The van der Waals surface area contributed by atoms with Crippen LogP contribution in [0.25, 0.3) is 18.4 Å². The summed E-state index contributed by atoms with van der Waals surface area (Å²) in [5.74, 6) is -0.178. The Labute approximate surface area is 126 Å². The molecule has 0 saturated carbocycles. The second kappa shape index (κ2) is 6.49. The number of carbonyl (C=O) groups excluding carboxylic acids is 1. The van der Waals surface area contributed by atoms with Gasteiger partial charge in [0.25, 0.3) is 0 Å². The Morgan fingerprint density at radius 2 is 2.05 bits per heavy atom. The largest absolute Gasteiger partial charge is 0.465 e. The molecule has 0 radical (unpaired) electrons. The van der Waals surface area contributed by atoms with Crippen molar-refractivity contribution >= 4 is 30.1 Å². The Bertz CT molecular complexity index is 745. The molecule has 1 heterocycles. The van der Waals surface area contributed by atoms with Gasteiger partial charge in [-0.05, 0) is 28.7 Å². The lowest BCUT2D eigenvalue weighted by molar-refractivity contribution is -0.390. The second-order valence-electron chi connectivity index (χ2n) is 4.23. The zero-order valence-electron chi connectivity index (χ0n) is 11.8. The summed E-state index contributed by atoms with van der Waals surface area (Å²) >= 11 is 0. The topological polar surface area (TPSA) is 87.3 Å². The van der Waals surface area contributed by atoms with Crippen molar-refractivity contribution in [3.63, 3.8) is 0 Å². The second-order valence-corrected chi connectivity index (χ2v) is 4.23. The van der Waals surface area contributed by atoms with Crippen LogP contribution < -0.4 is 0 Å². The average molecular weight is 299 g/mol. The van der Waals surface area contributed by atoms with E-state index in [0.717, 1.165) is 5.56 Å². The molecular weight excluding hydrogens is 286 g/mol. The van der Waals surface area contributed by atoms with Crippen molar-refractivity contribution in [1.82, 2.24) is 9.55 Å². The molecular formula is C15H13N3O4. The van der Waals surface area contributed by atoms with E-state index in [1.54, 1.807) is 36.4 Å². The Morgan fingerprint density at radius 1 is 1.36 bits per heavy atom. The van der Waals surface area contributed by atoms with Crippen LogP contribution in [0.1, 0.15) is 21.7 Å². The number of ether oxygens (including phenoxy) is 1. The summed E-state index contributed by atoms with van der Waals surface area (Å²) < 4.78 is 5.89. The highest BCUT2D eigenvalue weighted by Crippen LogP contribution is 2.17. The van der Waals surface area contributed by atoms with Crippen molar-refractivity contribution in [3.05, 3.63) is 64.1 Å². The minimum Gasteiger partial charge on any atom is -0.465 e. The number of nitrogens with zero attached hydrogens (tertiary/aromatic N) is 3. The molecule has 112 valence electrons. The number of esters is 1. The van der Waals surface area contributed by atoms with Gasteiger partial charge in [0, 0.05) is 6.08 Å². The highest BCUT2D eigenvalue weighted by atomic mass is 16.6. The molecule has 0 amide bonds. The van der Waals surface area contributed by atoms with E-state index in [2.05, 4.69) is 16.3 Å². The maximum atomic E-state index is 11.3. The van der Waals surface area contributed by atoms with Crippen molar-refractivity contribution in [2.24, 2.45) is 0 Å². The summed E-state index contributed by atoms with van der Waals surface area (Å²) in [6.45, 7) is 3.54. The molecule has 0 saturated heterocycles. The first-order chi connectivity index (χ1) is 10.6. The van der Waals surface area contributed by atoms with E-state index in [0.29, 0.717) is 11.4 Å². The van der Waals surface area contributed by atoms with E-state index in [1.807, 2.05) is 0 Å². The number of hydrogen-bond donors (Lipinski definition) is 0. The van der Waals surface area contributed by atoms with Crippen molar-refractivity contribution in [1.29, 1.82) is 0 Å². The highest BCUT2D eigenvalue weighted by Gasteiger charge is 2.15. The van der Waals surface area contributed by atoms with Crippen LogP contribution >= 0.6 is 0 Å². The van der Waals surface area contributed by atoms with Gasteiger partial charge in [-0.15, -0.1) is 0 Å². The zero-order chi connectivity index (χ0) is 16.1. The number of benzene rings is 1. The summed E-state index contributed by atoms with van der Waals surface area (Å²) in [7, 11) is 1.32. The van der Waals surface area contributed by atoms with Crippen molar-refractivity contribution in [3.8, 4) is 0 Å². The predicted octanol–water partition coefficient (Wildman–Crippen LogP) is 2.85. The summed E-state index contributed by atoms with van der Waals surface area (Å²) in [6.07, 6.45) is 5.85. The van der Waals surface area contributed by atoms with Gasteiger partial charge < -0.3 is 14.9 Å². The third-order valence-electron chi connectivity index (χ3n) is 2.93. The number of nitro groups is 1. The third kappa shape index (κ3) is 3.09. The number of imidazole rings is 1. The van der Waals surface area contributed by atoms with Gasteiger partial charge in [0.1, 0.15) is 6.20 Å². The van der Waals surface area contributed by atoms with Crippen LogP contribution in [-0.4, -0.2) is 27.6 Å². The van der Waals surface area contributed by atoms with Gasteiger partial charge in [0.2, 0.25) is 5.82 Å². The van der Waals surface area contributed by atoms with Gasteiger partial charge >= 0.3 is 11.8 Å². The number of rotatable bonds is 5. The minimum absolute atomic E-state index is 0.157. The molecule has 22 heavy (non-hydrogen) atoms. The quantitative estimate of drug-likeness (QED) is 0.481. The average Bonchev–Trinajstić information content (AvgIpc) is 2.95. The molecule has 2 rings (SSSR count). The third-order valence-corrected chi connectivity index (χ3v) is 2.93. The van der Waals surface area contributed by atoms with Crippen LogP contribution in [0.15, 0.2) is 37.0 Å². The lowest BCUT2D eigenvalue weighted by Crippen LogP contribution is -2.00. The fourth-order valence-electron chi connectivity index (χ4n) is 1.83. The molecule has 0 N–H and O–H groups in total. The number of hydrogen-bond acceptors (Lipinski definition) is 5. The van der Waals surface area contributed by atoms with Gasteiger partial charge in [-0.25, -0.2) is 9.78 Å². The smallest absolute Gasteiger partial charge is 0.347 e. The van der Waals surface area contributed by atoms with Crippen LogP contribution in [0.2, 0.25) is 0 Å². The van der Waals surface area contributed by atoms with Gasteiger partial charge in [0.05, 0.1) is 18.9 Å². The first kappa shape index (κ1) is 15.2. The predicted molar refractivity (Wildman–Crippen MR) is 82.0 cm³/mol. The minimum atomic E-state index is -0.531. The first-order valence-electron chi connectivity index (χ1n) is 6.27. The van der Waals surface area contributed by atoms with Crippen molar-refractivity contribution < 1.29 is 14.5 Å². The SMILES string of the molecule is C=Cn1c([N+](=O)[O-])cnc1C=Cc1ccc(C(=O)OC)cc1. The molecule has 0 aliphatic carbocycles. The number of carbonyl (C=O) groups is 1. The molecule has 2 aromatic rings. The van der Waals surface area contributed by atoms with Crippen LogP contribution in [0, 0.1) is 10.1 Å². The monoisotopic (exact) mass is 299 g/mol. The molecule has 0 atom stereocenters. The molecule has 0 aliphatic heterocycles. The first-order valence-corrected chi connectivity index (χ1v) is 6.27. The van der Waals surface area contributed by atoms with Crippen LogP contribution in [-0.2, 0) is 4.74 Å². The fourth-order valence-corrected chi connectivity index (χ4v) is 1.83. The Morgan fingerprint density at radius 3 is 2.59 bits per heavy atom. The Balaban J connectivity index is 2.24. The van der Waals surface area contributed by atoms with Crippen molar-refractivity contribution in [2.75, 3.05) is 7.11 Å². The number of methoxy groups -OCH3 is 1. The number of aromatic nitrogens is 2. The van der Waals surface area contributed by atoms with Crippen LogP contribution in [0.5, 0.6) is 0 Å². The maximum Gasteiger partial charge on any atom is 0.347 e. The highest BCUT2D eigenvalue weighted by molar-refractivity contribution is 5.89. The van der Waals surface area contributed by atoms with E-state index >= 15 is 0 Å². The summed E-state index contributed by atoms with van der Waals surface area (Å²) in [4.78, 5) is 25.6. The molecule has 1 aromatic heterocycles.